The van der Waals surface area contributed by atoms with Gasteiger partial charge in [0.15, 0.2) is 0 Å². The number of nitrogens with two attached hydrogens (primary N) is 1. The molecule has 2 N–H and O–H groups in total. The molecule has 3 heteroatoms. The quantitative estimate of drug-likeness (QED) is 0.787. The van der Waals surface area contributed by atoms with Crippen LogP contribution in [0.15, 0.2) is 18.2 Å². The largest absolute Gasteiger partial charge is 0.328 e. The van der Waals surface area contributed by atoms with Gasteiger partial charge in [-0.05, 0) is 37.1 Å². The molecule has 0 saturated heterocycles. The lowest BCUT2D eigenvalue weighted by atomic mass is 10.1. The van der Waals surface area contributed by atoms with Crippen LogP contribution in [0.25, 0.3) is 0 Å². The van der Waals surface area contributed by atoms with Gasteiger partial charge in [0.05, 0.1) is 0 Å². The average Bonchev–Trinajstić information content (AvgIpc) is 1.81. The number of halogens is 2. The Morgan fingerprint density at radius 3 is 2.17 bits per heavy atom. The molecule has 66 valence electrons. The molecule has 12 heavy (non-hydrogen) atoms. The summed E-state index contributed by atoms with van der Waals surface area (Å²) in [5, 5.41) is 1.33. The second kappa shape index (κ2) is 4.13. The summed E-state index contributed by atoms with van der Waals surface area (Å²) in [7, 11) is 0. The normalized spacial score (nSPS) is 13.0. The van der Waals surface area contributed by atoms with Crippen molar-refractivity contribution in [2.45, 2.75) is 19.4 Å². The lowest BCUT2D eigenvalue weighted by Gasteiger charge is -2.05. The van der Waals surface area contributed by atoms with Crippen LogP contribution in [0.2, 0.25) is 10.0 Å². The van der Waals surface area contributed by atoms with Crippen LogP contribution in [-0.2, 0) is 6.42 Å². The molecule has 0 aliphatic carbocycles. The summed E-state index contributed by atoms with van der Waals surface area (Å²) < 4.78 is 0. The van der Waals surface area contributed by atoms with Gasteiger partial charge in [-0.25, -0.2) is 0 Å². The molecule has 1 rings (SSSR count). The summed E-state index contributed by atoms with van der Waals surface area (Å²) in [4.78, 5) is 0. The Morgan fingerprint density at radius 1 is 1.25 bits per heavy atom. The standard InChI is InChI=1S/C9H11Cl2N/c1-6(12)2-7-3-8(10)5-9(11)4-7/h3-6H,2,12H2,1H3/t6-/m1/s1. The summed E-state index contributed by atoms with van der Waals surface area (Å²) >= 11 is 11.6. The monoisotopic (exact) mass is 203 g/mol. The van der Waals surface area contributed by atoms with Crippen LogP contribution in [0.1, 0.15) is 12.5 Å². The Hall–Kier alpha value is -0.240. The fraction of sp³-hybridized carbons (Fsp3) is 0.333. The fourth-order valence-corrected chi connectivity index (χ4v) is 1.67. The number of hydrogen-bond acceptors (Lipinski definition) is 1. The summed E-state index contributed by atoms with van der Waals surface area (Å²) in [6, 6.07) is 5.63. The fourth-order valence-electron chi connectivity index (χ4n) is 1.10. The minimum atomic E-state index is 0.138. The van der Waals surface area contributed by atoms with Crippen molar-refractivity contribution in [3.63, 3.8) is 0 Å². The van der Waals surface area contributed by atoms with Crippen molar-refractivity contribution >= 4 is 23.2 Å². The van der Waals surface area contributed by atoms with E-state index in [1.807, 2.05) is 19.1 Å². The smallest absolute Gasteiger partial charge is 0.0423 e. The van der Waals surface area contributed by atoms with E-state index in [0.717, 1.165) is 12.0 Å². The first-order valence-electron chi connectivity index (χ1n) is 3.78. The zero-order valence-corrected chi connectivity index (χ0v) is 8.36. The van der Waals surface area contributed by atoms with Crippen LogP contribution in [0.5, 0.6) is 0 Å². The Kier molecular flexibility index (Phi) is 3.39. The van der Waals surface area contributed by atoms with Crippen molar-refractivity contribution in [2.24, 2.45) is 5.73 Å². The van der Waals surface area contributed by atoms with Gasteiger partial charge in [0, 0.05) is 16.1 Å². The van der Waals surface area contributed by atoms with Crippen molar-refractivity contribution in [3.05, 3.63) is 33.8 Å². The van der Waals surface area contributed by atoms with Crippen molar-refractivity contribution < 1.29 is 0 Å². The minimum Gasteiger partial charge on any atom is -0.328 e. The maximum absolute atomic E-state index is 5.81. The third kappa shape index (κ3) is 3.02. The molecule has 0 aliphatic heterocycles. The first-order chi connectivity index (χ1) is 5.58. The number of rotatable bonds is 2. The van der Waals surface area contributed by atoms with Crippen LogP contribution in [0, 0.1) is 0 Å². The predicted molar refractivity (Wildman–Crippen MR) is 53.8 cm³/mol. The van der Waals surface area contributed by atoms with Gasteiger partial charge in [-0.15, -0.1) is 0 Å². The van der Waals surface area contributed by atoms with Crippen LogP contribution in [-0.4, -0.2) is 6.04 Å². The van der Waals surface area contributed by atoms with E-state index >= 15 is 0 Å². The summed E-state index contributed by atoms with van der Waals surface area (Å²) in [5.74, 6) is 0. The molecule has 0 spiro atoms. The Labute approximate surface area is 82.5 Å². The van der Waals surface area contributed by atoms with Crippen molar-refractivity contribution in [3.8, 4) is 0 Å². The van der Waals surface area contributed by atoms with E-state index in [1.54, 1.807) is 6.07 Å². The van der Waals surface area contributed by atoms with E-state index in [9.17, 15) is 0 Å². The van der Waals surface area contributed by atoms with E-state index < -0.39 is 0 Å². The van der Waals surface area contributed by atoms with E-state index in [1.165, 1.54) is 0 Å². The maximum atomic E-state index is 5.81. The van der Waals surface area contributed by atoms with Crippen molar-refractivity contribution in [1.82, 2.24) is 0 Å². The zero-order chi connectivity index (χ0) is 9.14. The van der Waals surface area contributed by atoms with Crippen LogP contribution < -0.4 is 5.73 Å². The average molecular weight is 204 g/mol. The molecule has 1 aromatic carbocycles. The highest BCUT2D eigenvalue weighted by Gasteiger charge is 2.00. The maximum Gasteiger partial charge on any atom is 0.0423 e. The first-order valence-corrected chi connectivity index (χ1v) is 4.54. The molecule has 0 bridgehead atoms. The van der Waals surface area contributed by atoms with E-state index in [-0.39, 0.29) is 6.04 Å². The molecule has 1 aromatic rings. The second-order valence-corrected chi connectivity index (χ2v) is 3.83. The number of hydrogen-bond donors (Lipinski definition) is 1. The van der Waals surface area contributed by atoms with Crippen LogP contribution in [0.3, 0.4) is 0 Å². The highest BCUT2D eigenvalue weighted by molar-refractivity contribution is 6.34. The van der Waals surface area contributed by atoms with Gasteiger partial charge in [-0.3, -0.25) is 0 Å². The summed E-state index contributed by atoms with van der Waals surface area (Å²) in [5.41, 5.74) is 6.72. The first kappa shape index (κ1) is 9.85. The van der Waals surface area contributed by atoms with Gasteiger partial charge < -0.3 is 5.73 Å². The lowest BCUT2D eigenvalue weighted by Crippen LogP contribution is -2.17. The molecule has 0 amide bonds. The molecule has 0 aliphatic rings. The van der Waals surface area contributed by atoms with E-state index in [4.69, 9.17) is 28.9 Å². The molecular weight excluding hydrogens is 193 g/mol. The van der Waals surface area contributed by atoms with Crippen LogP contribution >= 0.6 is 23.2 Å². The molecular formula is C9H11Cl2N. The molecule has 0 saturated carbocycles. The van der Waals surface area contributed by atoms with Gasteiger partial charge in [0.25, 0.3) is 0 Å². The zero-order valence-electron chi connectivity index (χ0n) is 6.85. The van der Waals surface area contributed by atoms with Gasteiger partial charge in [0.2, 0.25) is 0 Å². The molecule has 0 aromatic heterocycles. The Balaban J connectivity index is 2.85. The summed E-state index contributed by atoms with van der Waals surface area (Å²) in [6.07, 6.45) is 0.806. The van der Waals surface area contributed by atoms with E-state index in [2.05, 4.69) is 0 Å². The van der Waals surface area contributed by atoms with Gasteiger partial charge in [-0.2, -0.15) is 0 Å². The highest BCUT2D eigenvalue weighted by Crippen LogP contribution is 2.19. The van der Waals surface area contributed by atoms with Gasteiger partial charge >= 0.3 is 0 Å². The van der Waals surface area contributed by atoms with Gasteiger partial charge in [-0.1, -0.05) is 23.2 Å². The van der Waals surface area contributed by atoms with Crippen molar-refractivity contribution in [2.75, 3.05) is 0 Å². The Bertz CT molecular complexity index is 251. The SMILES string of the molecule is C[C@@H](N)Cc1cc(Cl)cc(Cl)c1. The molecule has 0 fully saturated rings. The third-order valence-electron chi connectivity index (χ3n) is 1.48. The summed E-state index contributed by atoms with van der Waals surface area (Å²) in [6.45, 7) is 1.95. The highest BCUT2D eigenvalue weighted by atomic mass is 35.5. The number of benzene rings is 1. The second-order valence-electron chi connectivity index (χ2n) is 2.96. The molecule has 1 nitrogen and oxygen atoms in total. The lowest BCUT2D eigenvalue weighted by molar-refractivity contribution is 0.738. The molecule has 0 heterocycles. The van der Waals surface area contributed by atoms with Gasteiger partial charge in [0.1, 0.15) is 0 Å². The van der Waals surface area contributed by atoms with E-state index in [0.29, 0.717) is 10.0 Å². The third-order valence-corrected chi connectivity index (χ3v) is 1.92. The molecule has 0 unspecified atom stereocenters. The minimum absolute atomic E-state index is 0.138. The predicted octanol–water partition coefficient (Wildman–Crippen LogP) is 2.88. The molecule has 1 atom stereocenters. The van der Waals surface area contributed by atoms with Crippen molar-refractivity contribution in [1.29, 1.82) is 0 Å². The topological polar surface area (TPSA) is 26.0 Å². The molecule has 0 radical (unpaired) electrons. The Morgan fingerprint density at radius 2 is 1.75 bits per heavy atom. The van der Waals surface area contributed by atoms with Crippen LogP contribution in [0.4, 0.5) is 0 Å².